The predicted octanol–water partition coefficient (Wildman–Crippen LogP) is 4.06. The van der Waals surface area contributed by atoms with Gasteiger partial charge in [-0.05, 0) is 49.4 Å². The lowest BCUT2D eigenvalue weighted by Gasteiger charge is -2.04. The van der Waals surface area contributed by atoms with Crippen molar-refractivity contribution >= 4 is 23.8 Å². The van der Waals surface area contributed by atoms with Crippen LogP contribution in [0.2, 0.25) is 0 Å². The molecule has 0 aliphatic heterocycles. The topological polar surface area (TPSA) is 113 Å². The maximum atomic E-state index is 13.0. The van der Waals surface area contributed by atoms with Crippen molar-refractivity contribution in [2.24, 2.45) is 11.1 Å². The number of rotatable bonds is 10. The Labute approximate surface area is 190 Å². The van der Waals surface area contributed by atoms with Gasteiger partial charge in [0.2, 0.25) is 0 Å². The summed E-state index contributed by atoms with van der Waals surface area (Å²) < 4.78 is 36.0. The number of nitrogens with zero attached hydrogens (tertiary/aromatic N) is 1. The van der Waals surface area contributed by atoms with Gasteiger partial charge < -0.3 is 24.3 Å². The monoisotopic (exact) mass is 464 g/mol. The molecule has 178 valence electrons. The number of benzene rings is 2. The van der Waals surface area contributed by atoms with Gasteiger partial charge >= 0.3 is 5.97 Å². The Morgan fingerprint density at radius 1 is 0.970 bits per heavy atom. The minimum atomic E-state index is -1.14. The average molecular weight is 464 g/mol. The SMILES string of the molecule is COc1ccc(F)cc1/C=C/CO/N=C(/C)C(=O)O.COc1ccc(F)cc1/C=C/CON. The van der Waals surface area contributed by atoms with E-state index < -0.39 is 5.97 Å². The molecule has 0 amide bonds. The first kappa shape index (κ1) is 27.3. The molecule has 0 unspecified atom stereocenters. The number of oxime groups is 1. The first-order valence-electron chi connectivity index (χ1n) is 9.54. The summed E-state index contributed by atoms with van der Waals surface area (Å²) in [4.78, 5) is 19.5. The summed E-state index contributed by atoms with van der Waals surface area (Å²) in [5.74, 6) is 4.15. The summed E-state index contributed by atoms with van der Waals surface area (Å²) >= 11 is 0. The molecule has 0 fully saturated rings. The molecule has 0 aliphatic carbocycles. The van der Waals surface area contributed by atoms with Crippen molar-refractivity contribution in [3.63, 3.8) is 0 Å². The van der Waals surface area contributed by atoms with Gasteiger partial charge in [0, 0.05) is 11.1 Å². The van der Waals surface area contributed by atoms with Gasteiger partial charge in [-0.2, -0.15) is 0 Å². The van der Waals surface area contributed by atoms with Gasteiger partial charge in [0.1, 0.15) is 29.7 Å². The Bertz CT molecular complexity index is 993. The first-order chi connectivity index (χ1) is 15.8. The van der Waals surface area contributed by atoms with Gasteiger partial charge in [0.05, 0.1) is 20.8 Å². The number of ether oxygens (including phenoxy) is 2. The number of methoxy groups -OCH3 is 2. The lowest BCUT2D eigenvalue weighted by molar-refractivity contribution is -0.129. The molecule has 10 heteroatoms. The third-order valence-electron chi connectivity index (χ3n) is 3.85. The van der Waals surface area contributed by atoms with Crippen molar-refractivity contribution in [1.29, 1.82) is 0 Å². The van der Waals surface area contributed by atoms with E-state index in [0.717, 1.165) is 0 Å². The fourth-order valence-corrected chi connectivity index (χ4v) is 2.29. The number of hydrogen-bond acceptors (Lipinski definition) is 7. The molecule has 2 aromatic rings. The second-order valence-electron chi connectivity index (χ2n) is 6.19. The smallest absolute Gasteiger partial charge is 0.353 e. The highest BCUT2D eigenvalue weighted by Gasteiger charge is 2.02. The van der Waals surface area contributed by atoms with Gasteiger partial charge in [-0.15, -0.1) is 0 Å². The van der Waals surface area contributed by atoms with Crippen molar-refractivity contribution in [3.8, 4) is 11.5 Å². The molecule has 0 heterocycles. The van der Waals surface area contributed by atoms with Gasteiger partial charge in [-0.25, -0.2) is 19.5 Å². The Kier molecular flexibility index (Phi) is 12.5. The molecule has 0 spiro atoms. The largest absolute Gasteiger partial charge is 0.496 e. The Hall–Kier alpha value is -3.76. The normalized spacial score (nSPS) is 11.3. The summed E-state index contributed by atoms with van der Waals surface area (Å²) in [6, 6.07) is 8.43. The van der Waals surface area contributed by atoms with Crippen LogP contribution in [0.15, 0.2) is 53.7 Å². The van der Waals surface area contributed by atoms with E-state index in [9.17, 15) is 13.6 Å². The zero-order valence-corrected chi connectivity index (χ0v) is 18.5. The highest BCUT2D eigenvalue weighted by Crippen LogP contribution is 2.21. The van der Waals surface area contributed by atoms with Crippen molar-refractivity contribution in [3.05, 3.63) is 71.3 Å². The minimum Gasteiger partial charge on any atom is -0.496 e. The second kappa shape index (κ2) is 15.1. The zero-order valence-electron chi connectivity index (χ0n) is 18.5. The number of halogens is 2. The molecule has 0 bridgehead atoms. The molecule has 0 saturated carbocycles. The Balaban J connectivity index is 0.000000346. The van der Waals surface area contributed by atoms with E-state index in [1.165, 1.54) is 51.5 Å². The summed E-state index contributed by atoms with van der Waals surface area (Å²) in [5, 5.41) is 11.9. The standard InChI is InChI=1S/C13H14FNO4.C10H12FNO2/c1-9(13(16)17)15-19-7-3-4-10-8-11(14)5-6-12(10)18-2;1-13-10-5-4-9(11)7-8(10)3-2-6-14-12/h3-6,8H,7H2,1-2H3,(H,16,17);2-5,7H,6,12H2,1H3/b4-3+,15-9-;3-2+. The highest BCUT2D eigenvalue weighted by molar-refractivity contribution is 6.34. The van der Waals surface area contributed by atoms with Crippen LogP contribution < -0.4 is 15.4 Å². The van der Waals surface area contributed by atoms with Crippen LogP contribution in [0.4, 0.5) is 8.78 Å². The fourth-order valence-electron chi connectivity index (χ4n) is 2.29. The van der Waals surface area contributed by atoms with E-state index in [1.807, 2.05) is 0 Å². The maximum absolute atomic E-state index is 13.0. The quantitative estimate of drug-likeness (QED) is 0.310. The van der Waals surface area contributed by atoms with E-state index in [1.54, 1.807) is 30.4 Å². The van der Waals surface area contributed by atoms with Crippen molar-refractivity contribution in [1.82, 2.24) is 0 Å². The molecule has 3 N–H and O–H groups in total. The summed E-state index contributed by atoms with van der Waals surface area (Å²) in [7, 11) is 3.02. The van der Waals surface area contributed by atoms with E-state index in [4.69, 9.17) is 25.3 Å². The van der Waals surface area contributed by atoms with Crippen LogP contribution in [0.3, 0.4) is 0 Å². The molecule has 0 aliphatic rings. The van der Waals surface area contributed by atoms with Crippen molar-refractivity contribution in [2.75, 3.05) is 27.4 Å². The zero-order chi connectivity index (χ0) is 24.6. The summed E-state index contributed by atoms with van der Waals surface area (Å²) in [6.07, 6.45) is 6.55. The van der Waals surface area contributed by atoms with E-state index >= 15 is 0 Å². The van der Waals surface area contributed by atoms with Crippen LogP contribution in [-0.2, 0) is 14.5 Å². The second-order valence-corrected chi connectivity index (χ2v) is 6.19. The maximum Gasteiger partial charge on any atom is 0.353 e. The molecule has 2 rings (SSSR count). The van der Waals surface area contributed by atoms with E-state index in [0.29, 0.717) is 22.6 Å². The predicted molar refractivity (Wildman–Crippen MR) is 121 cm³/mol. The molecule has 0 radical (unpaired) electrons. The highest BCUT2D eigenvalue weighted by atomic mass is 19.1. The van der Waals surface area contributed by atoms with Crippen LogP contribution in [0.25, 0.3) is 12.2 Å². The molecule has 33 heavy (non-hydrogen) atoms. The summed E-state index contributed by atoms with van der Waals surface area (Å²) in [5.41, 5.74) is 1.08. The van der Waals surface area contributed by atoms with Crippen molar-refractivity contribution in [2.45, 2.75) is 6.92 Å². The Morgan fingerprint density at radius 3 is 1.88 bits per heavy atom. The molecule has 0 saturated heterocycles. The molecule has 8 nitrogen and oxygen atoms in total. The van der Waals surface area contributed by atoms with Gasteiger partial charge in [-0.1, -0.05) is 23.4 Å². The van der Waals surface area contributed by atoms with Crippen LogP contribution in [0, 0.1) is 11.6 Å². The molecular formula is C23H26F2N2O6. The first-order valence-corrected chi connectivity index (χ1v) is 9.54. The van der Waals surface area contributed by atoms with Gasteiger partial charge in [0.25, 0.3) is 0 Å². The van der Waals surface area contributed by atoms with Crippen molar-refractivity contribution < 1.29 is 37.8 Å². The van der Waals surface area contributed by atoms with Crippen LogP contribution in [0.5, 0.6) is 11.5 Å². The van der Waals surface area contributed by atoms with Crippen LogP contribution in [-0.4, -0.2) is 44.2 Å². The minimum absolute atomic E-state index is 0.0737. The van der Waals surface area contributed by atoms with Crippen LogP contribution >= 0.6 is 0 Å². The number of carboxylic acid groups (broad SMARTS) is 1. The number of hydrogen-bond donors (Lipinski definition) is 2. The van der Waals surface area contributed by atoms with E-state index in [-0.39, 0.29) is 30.6 Å². The van der Waals surface area contributed by atoms with Crippen LogP contribution in [0.1, 0.15) is 18.1 Å². The summed E-state index contributed by atoms with van der Waals surface area (Å²) in [6.45, 7) is 1.67. The third kappa shape index (κ3) is 10.4. The Morgan fingerprint density at radius 2 is 1.45 bits per heavy atom. The van der Waals surface area contributed by atoms with Gasteiger partial charge in [-0.3, -0.25) is 0 Å². The average Bonchev–Trinajstić information content (AvgIpc) is 2.79. The number of carboxylic acids is 1. The van der Waals surface area contributed by atoms with Gasteiger partial charge in [0.15, 0.2) is 5.71 Å². The number of nitrogens with two attached hydrogens (primary N) is 1. The fraction of sp³-hybridized carbons (Fsp3) is 0.217. The number of aliphatic carboxylic acids is 1. The molecular weight excluding hydrogens is 438 g/mol. The number of carbonyl (C=O) groups is 1. The van der Waals surface area contributed by atoms with E-state index in [2.05, 4.69) is 9.99 Å². The molecule has 2 aromatic carbocycles. The lowest BCUT2D eigenvalue weighted by Crippen LogP contribution is -2.08. The third-order valence-corrected chi connectivity index (χ3v) is 3.85. The molecule has 0 atom stereocenters. The lowest BCUT2D eigenvalue weighted by atomic mass is 10.2. The molecule has 0 aromatic heterocycles.